The van der Waals surface area contributed by atoms with Crippen LogP contribution in [0.15, 0.2) is 54.6 Å². The van der Waals surface area contributed by atoms with Gasteiger partial charge >= 0.3 is 14.1 Å². The Kier molecular flexibility index (Phi) is 7.51. The Morgan fingerprint density at radius 1 is 1.00 bits per heavy atom. The molecule has 0 N–H and O–H groups in total. The number of rotatable bonds is 8. The molecule has 6 nitrogen and oxygen atoms in total. The maximum absolute atomic E-state index is 12.8. The molecule has 2 rings (SSSR count). The molecule has 2 atom stereocenters. The second-order valence-electron chi connectivity index (χ2n) is 5.71. The van der Waals surface area contributed by atoms with Gasteiger partial charge in [0.2, 0.25) is 0 Å². The number of esters is 1. The highest BCUT2D eigenvalue weighted by Crippen LogP contribution is 2.35. The molecule has 0 aliphatic rings. The summed E-state index contributed by atoms with van der Waals surface area (Å²) in [5, 5.41) is 0.531. The summed E-state index contributed by atoms with van der Waals surface area (Å²) in [5.41, 5.74) is 0. The zero-order chi connectivity index (χ0) is 19.1. The van der Waals surface area contributed by atoms with E-state index in [2.05, 4.69) is 0 Å². The molecular formula is C18H21ClNO5P. The van der Waals surface area contributed by atoms with Crippen LogP contribution in [0.3, 0.4) is 0 Å². The number of halogens is 1. The fourth-order valence-electron chi connectivity index (χ4n) is 1.94. The fraction of sp³-hybridized carbons (Fsp3) is 0.278. The molecule has 2 aromatic carbocycles. The molecule has 0 aromatic heterocycles. The molecule has 0 fully saturated rings. The smallest absolute Gasteiger partial charge is 0.340 e. The van der Waals surface area contributed by atoms with Gasteiger partial charge in [-0.05, 0) is 62.0 Å². The number of benzene rings is 2. The molecule has 0 spiro atoms. The van der Waals surface area contributed by atoms with Crippen LogP contribution in [0, 0.1) is 0 Å². The molecule has 0 aliphatic heterocycles. The first-order valence-electron chi connectivity index (χ1n) is 8.07. The van der Waals surface area contributed by atoms with Crippen LogP contribution in [-0.2, 0) is 14.1 Å². The van der Waals surface area contributed by atoms with Crippen molar-refractivity contribution in [1.29, 1.82) is 0 Å². The van der Waals surface area contributed by atoms with Crippen LogP contribution in [-0.4, -0.2) is 22.9 Å². The normalized spacial score (nSPS) is 13.3. The van der Waals surface area contributed by atoms with Gasteiger partial charge in [-0.1, -0.05) is 29.8 Å². The van der Waals surface area contributed by atoms with E-state index in [1.54, 1.807) is 69.3 Å². The molecular weight excluding hydrogens is 377 g/mol. The minimum atomic E-state index is -2.95. The zero-order valence-electron chi connectivity index (χ0n) is 14.7. The minimum absolute atomic E-state index is 0.303. The van der Waals surface area contributed by atoms with Crippen LogP contribution in [0.4, 0.5) is 0 Å². The highest BCUT2D eigenvalue weighted by Gasteiger charge is 2.31. The van der Waals surface area contributed by atoms with Gasteiger partial charge in [0.05, 0.1) is 6.10 Å². The molecule has 0 radical (unpaired) electrons. The van der Waals surface area contributed by atoms with E-state index < -0.39 is 20.2 Å². The molecule has 0 amide bonds. The van der Waals surface area contributed by atoms with Crippen molar-refractivity contribution in [3.63, 3.8) is 0 Å². The maximum atomic E-state index is 12.8. The lowest BCUT2D eigenvalue weighted by Gasteiger charge is -2.26. The standard InChI is InChI=1S/C18H21ClNO5P/c1-13(2)23-18(21)14(3)20(24-16-7-5-4-6-8-16)26(22)25-17-11-9-15(19)10-12-17/h4-14,26H,1-3H3. The van der Waals surface area contributed by atoms with Crippen molar-refractivity contribution in [3.05, 3.63) is 59.6 Å². The van der Waals surface area contributed by atoms with Crippen LogP contribution in [0.2, 0.25) is 5.02 Å². The Morgan fingerprint density at radius 2 is 1.62 bits per heavy atom. The zero-order valence-corrected chi connectivity index (χ0v) is 16.5. The largest absolute Gasteiger partial charge is 0.462 e. The first-order valence-corrected chi connectivity index (χ1v) is 9.71. The van der Waals surface area contributed by atoms with E-state index in [9.17, 15) is 9.36 Å². The molecule has 140 valence electrons. The van der Waals surface area contributed by atoms with E-state index in [4.69, 9.17) is 25.7 Å². The van der Waals surface area contributed by atoms with Gasteiger partial charge in [0.15, 0.2) is 6.04 Å². The van der Waals surface area contributed by atoms with Gasteiger partial charge in [0.25, 0.3) is 0 Å². The number of hydrogen-bond acceptors (Lipinski definition) is 5. The van der Waals surface area contributed by atoms with Crippen molar-refractivity contribution in [2.24, 2.45) is 0 Å². The summed E-state index contributed by atoms with van der Waals surface area (Å²) in [6.07, 6.45) is -0.303. The number of carbonyl (C=O) groups excluding carboxylic acids is 1. The quantitative estimate of drug-likeness (QED) is 0.364. The van der Waals surface area contributed by atoms with Crippen molar-refractivity contribution in [2.45, 2.75) is 32.9 Å². The molecule has 26 heavy (non-hydrogen) atoms. The Labute approximate surface area is 158 Å². The van der Waals surface area contributed by atoms with E-state index in [-0.39, 0.29) is 6.10 Å². The number of carbonyl (C=O) groups is 1. The van der Waals surface area contributed by atoms with E-state index >= 15 is 0 Å². The average molecular weight is 398 g/mol. The molecule has 0 heterocycles. The predicted octanol–water partition coefficient (Wildman–Crippen LogP) is 4.74. The van der Waals surface area contributed by atoms with Gasteiger partial charge in [0.1, 0.15) is 11.5 Å². The summed E-state index contributed by atoms with van der Waals surface area (Å²) >= 11 is 5.84. The molecule has 8 heteroatoms. The summed E-state index contributed by atoms with van der Waals surface area (Å²) in [5.74, 6) is 0.216. The average Bonchev–Trinajstić information content (AvgIpc) is 2.61. The number of para-hydroxylation sites is 1. The van der Waals surface area contributed by atoms with Crippen LogP contribution in [0.5, 0.6) is 11.5 Å². The van der Waals surface area contributed by atoms with Crippen molar-refractivity contribution < 1.29 is 23.5 Å². The molecule has 0 bridgehead atoms. The van der Waals surface area contributed by atoms with Crippen LogP contribution >= 0.6 is 19.8 Å². The second-order valence-corrected chi connectivity index (χ2v) is 7.33. The van der Waals surface area contributed by atoms with Gasteiger partial charge < -0.3 is 14.1 Å². The predicted molar refractivity (Wildman–Crippen MR) is 101 cm³/mol. The monoisotopic (exact) mass is 397 g/mol. The highest BCUT2D eigenvalue weighted by molar-refractivity contribution is 7.36. The van der Waals surface area contributed by atoms with Gasteiger partial charge in [0, 0.05) is 5.02 Å². The van der Waals surface area contributed by atoms with Crippen LogP contribution in [0.25, 0.3) is 0 Å². The van der Waals surface area contributed by atoms with Gasteiger partial charge in [-0.25, -0.2) is 0 Å². The topological polar surface area (TPSA) is 65.1 Å². The van der Waals surface area contributed by atoms with E-state index in [1.165, 1.54) is 0 Å². The van der Waals surface area contributed by atoms with Gasteiger partial charge in [-0.2, -0.15) is 0 Å². The SMILES string of the molecule is CC(C)OC(=O)C(C)N(Oc1ccccc1)[PH](=O)Oc1ccc(Cl)cc1. The van der Waals surface area contributed by atoms with E-state index in [0.29, 0.717) is 16.5 Å². The van der Waals surface area contributed by atoms with Crippen LogP contribution < -0.4 is 9.36 Å². The number of ether oxygens (including phenoxy) is 1. The first kappa shape index (κ1) is 20.3. The third-order valence-corrected chi connectivity index (χ3v) is 4.69. The van der Waals surface area contributed by atoms with Crippen LogP contribution in [0.1, 0.15) is 20.8 Å². The Hall–Kier alpha value is -2.01. The summed E-state index contributed by atoms with van der Waals surface area (Å²) in [6.45, 7) is 5.02. The number of nitrogens with zero attached hydrogens (tertiary/aromatic N) is 1. The molecule has 0 aliphatic carbocycles. The fourth-order valence-corrected chi connectivity index (χ4v) is 3.10. The maximum Gasteiger partial charge on any atom is 0.340 e. The van der Waals surface area contributed by atoms with Crippen molar-refractivity contribution in [1.82, 2.24) is 4.83 Å². The van der Waals surface area contributed by atoms with Gasteiger partial charge in [-0.15, -0.1) is 0 Å². The number of hydroxylamine groups is 1. The minimum Gasteiger partial charge on any atom is -0.462 e. The van der Waals surface area contributed by atoms with Crippen molar-refractivity contribution in [2.75, 3.05) is 0 Å². The summed E-state index contributed by atoms with van der Waals surface area (Å²) in [4.78, 5) is 18.9. The van der Waals surface area contributed by atoms with Crippen molar-refractivity contribution in [3.8, 4) is 11.5 Å². The Balaban J connectivity index is 2.19. The van der Waals surface area contributed by atoms with E-state index in [0.717, 1.165) is 4.83 Å². The van der Waals surface area contributed by atoms with Crippen molar-refractivity contribution >= 4 is 25.7 Å². The summed E-state index contributed by atoms with van der Waals surface area (Å²) in [7, 11) is -2.95. The summed E-state index contributed by atoms with van der Waals surface area (Å²) in [6, 6.07) is 14.2. The second kappa shape index (κ2) is 9.62. The lowest BCUT2D eigenvalue weighted by molar-refractivity contribution is -0.158. The Bertz CT molecular complexity index is 739. The number of hydrogen-bond donors (Lipinski definition) is 0. The highest BCUT2D eigenvalue weighted by atomic mass is 35.5. The first-order chi connectivity index (χ1) is 12.4. The lowest BCUT2D eigenvalue weighted by atomic mass is 10.3. The molecule has 2 unspecified atom stereocenters. The molecule has 0 saturated heterocycles. The molecule has 0 saturated carbocycles. The van der Waals surface area contributed by atoms with Gasteiger partial charge in [-0.3, -0.25) is 9.36 Å². The Morgan fingerprint density at radius 3 is 2.19 bits per heavy atom. The third-order valence-electron chi connectivity index (χ3n) is 3.19. The molecule has 2 aromatic rings. The van der Waals surface area contributed by atoms with E-state index in [1.807, 2.05) is 6.07 Å². The lowest BCUT2D eigenvalue weighted by Crippen LogP contribution is -2.39. The third kappa shape index (κ3) is 6.06. The summed E-state index contributed by atoms with van der Waals surface area (Å²) < 4.78 is 23.4.